The highest BCUT2D eigenvalue weighted by Crippen LogP contribution is 2.20. The third kappa shape index (κ3) is 6.12. The van der Waals surface area contributed by atoms with Crippen LogP contribution in [-0.2, 0) is 16.4 Å². The Morgan fingerprint density at radius 2 is 1.45 bits per heavy atom. The first-order valence-electron chi connectivity index (χ1n) is 10.1. The molecule has 0 aliphatic rings. The van der Waals surface area contributed by atoms with E-state index in [0.29, 0.717) is 10.8 Å². The molecule has 7 nitrogen and oxygen atoms in total. The van der Waals surface area contributed by atoms with Crippen molar-refractivity contribution in [1.29, 1.82) is 0 Å². The number of nitrogens with one attached hydrogen (secondary N) is 3. The van der Waals surface area contributed by atoms with Gasteiger partial charge in [0.25, 0.3) is 10.0 Å². The lowest BCUT2D eigenvalue weighted by Gasteiger charge is -2.15. The van der Waals surface area contributed by atoms with Crippen molar-refractivity contribution >= 4 is 44.7 Å². The number of anilines is 3. The standard InChI is InChI=1S/C24H21N5O2S2/c30-33(31,29-23-25-15-6-16-26-23)21-13-11-20(12-14-21)27-24(32)28-22-10-5-4-9-19(22)17-18-7-2-1-3-8-18/h1-16H,17H2,(H,25,26,29)(H2,27,28,32). The van der Waals surface area contributed by atoms with Gasteiger partial charge in [-0.3, -0.25) is 0 Å². The summed E-state index contributed by atoms with van der Waals surface area (Å²) in [6.07, 6.45) is 3.70. The van der Waals surface area contributed by atoms with Crippen LogP contribution in [0.3, 0.4) is 0 Å². The van der Waals surface area contributed by atoms with Crippen molar-refractivity contribution < 1.29 is 8.42 Å². The van der Waals surface area contributed by atoms with E-state index in [2.05, 4.69) is 43.5 Å². The molecule has 4 aromatic rings. The average Bonchev–Trinajstić information content (AvgIpc) is 2.82. The van der Waals surface area contributed by atoms with Crippen LogP contribution in [0.1, 0.15) is 11.1 Å². The molecule has 0 atom stereocenters. The summed E-state index contributed by atoms with van der Waals surface area (Å²) in [5.74, 6) is 0.0132. The summed E-state index contributed by atoms with van der Waals surface area (Å²) in [4.78, 5) is 7.85. The van der Waals surface area contributed by atoms with Crippen molar-refractivity contribution in [2.75, 3.05) is 15.4 Å². The molecule has 3 N–H and O–H groups in total. The first kappa shape index (κ1) is 22.4. The summed E-state index contributed by atoms with van der Waals surface area (Å²) >= 11 is 5.47. The molecule has 0 aliphatic heterocycles. The first-order valence-corrected chi connectivity index (χ1v) is 12.0. The fourth-order valence-corrected chi connectivity index (χ4v) is 4.33. The molecular formula is C24H21N5O2S2. The number of thiocarbonyl (C=S) groups is 1. The summed E-state index contributed by atoms with van der Waals surface area (Å²) in [5.41, 5.74) is 3.88. The van der Waals surface area contributed by atoms with E-state index in [-0.39, 0.29) is 10.8 Å². The normalized spacial score (nSPS) is 10.9. The van der Waals surface area contributed by atoms with Crippen molar-refractivity contribution in [1.82, 2.24) is 9.97 Å². The topological polar surface area (TPSA) is 96.0 Å². The molecule has 0 fully saturated rings. The highest BCUT2D eigenvalue weighted by Gasteiger charge is 2.15. The largest absolute Gasteiger partial charge is 0.332 e. The predicted molar refractivity (Wildman–Crippen MR) is 135 cm³/mol. The van der Waals surface area contributed by atoms with Crippen LogP contribution in [-0.4, -0.2) is 23.5 Å². The molecule has 1 aromatic heterocycles. The van der Waals surface area contributed by atoms with E-state index in [1.54, 1.807) is 18.2 Å². The van der Waals surface area contributed by atoms with Gasteiger partial charge in [0.15, 0.2) is 5.11 Å². The van der Waals surface area contributed by atoms with E-state index in [0.717, 1.165) is 17.7 Å². The van der Waals surface area contributed by atoms with Crippen LogP contribution in [0.25, 0.3) is 0 Å². The molecule has 0 bridgehead atoms. The lowest BCUT2D eigenvalue weighted by molar-refractivity contribution is 0.601. The van der Waals surface area contributed by atoms with Crippen LogP contribution in [0.5, 0.6) is 0 Å². The van der Waals surface area contributed by atoms with Gasteiger partial charge in [-0.05, 0) is 66.2 Å². The number of rotatable bonds is 7. The Bertz CT molecular complexity index is 1330. The van der Waals surface area contributed by atoms with Crippen LogP contribution in [0.4, 0.5) is 17.3 Å². The molecule has 0 unspecified atom stereocenters. The third-order valence-corrected chi connectivity index (χ3v) is 6.27. The summed E-state index contributed by atoms with van der Waals surface area (Å²) in [6.45, 7) is 0. The molecule has 166 valence electrons. The van der Waals surface area contributed by atoms with E-state index >= 15 is 0 Å². The van der Waals surface area contributed by atoms with Crippen molar-refractivity contribution in [2.45, 2.75) is 11.3 Å². The van der Waals surface area contributed by atoms with Crippen LogP contribution in [0.2, 0.25) is 0 Å². The Hall–Kier alpha value is -3.82. The van der Waals surface area contributed by atoms with Crippen molar-refractivity contribution in [3.8, 4) is 0 Å². The molecule has 4 rings (SSSR count). The Labute approximate surface area is 198 Å². The van der Waals surface area contributed by atoms with Gasteiger partial charge in [0.1, 0.15) is 0 Å². The molecule has 1 heterocycles. The number of aromatic nitrogens is 2. The smallest absolute Gasteiger partial charge is 0.264 e. The average molecular weight is 476 g/mol. The molecule has 3 aromatic carbocycles. The van der Waals surface area contributed by atoms with E-state index in [9.17, 15) is 8.42 Å². The lowest BCUT2D eigenvalue weighted by atomic mass is 10.0. The van der Waals surface area contributed by atoms with E-state index in [1.807, 2.05) is 36.4 Å². The van der Waals surface area contributed by atoms with Gasteiger partial charge in [-0.1, -0.05) is 48.5 Å². The minimum Gasteiger partial charge on any atom is -0.332 e. The number of sulfonamides is 1. The van der Waals surface area contributed by atoms with Crippen molar-refractivity contribution in [3.63, 3.8) is 0 Å². The van der Waals surface area contributed by atoms with Gasteiger partial charge in [0, 0.05) is 23.8 Å². The SMILES string of the molecule is O=S(=O)(Nc1ncccn1)c1ccc(NC(=S)Nc2ccccc2Cc2ccccc2)cc1. The van der Waals surface area contributed by atoms with Gasteiger partial charge in [0.2, 0.25) is 5.95 Å². The predicted octanol–water partition coefficient (Wildman–Crippen LogP) is 4.68. The maximum Gasteiger partial charge on any atom is 0.264 e. The molecule has 0 saturated heterocycles. The maximum absolute atomic E-state index is 12.5. The quantitative estimate of drug-likeness (QED) is 0.334. The zero-order chi connectivity index (χ0) is 23.1. The highest BCUT2D eigenvalue weighted by molar-refractivity contribution is 7.92. The van der Waals surface area contributed by atoms with Gasteiger partial charge in [0.05, 0.1) is 4.90 Å². The monoisotopic (exact) mass is 475 g/mol. The lowest BCUT2D eigenvalue weighted by Crippen LogP contribution is -2.20. The van der Waals surface area contributed by atoms with Crippen LogP contribution < -0.4 is 15.4 Å². The molecule has 0 spiro atoms. The zero-order valence-corrected chi connectivity index (χ0v) is 19.1. The summed E-state index contributed by atoms with van der Waals surface area (Å²) in [5, 5.41) is 6.72. The first-order chi connectivity index (χ1) is 16.0. The molecule has 9 heteroatoms. The van der Waals surface area contributed by atoms with Gasteiger partial charge in [-0.25, -0.2) is 23.1 Å². The molecular weight excluding hydrogens is 454 g/mol. The van der Waals surface area contributed by atoms with Crippen LogP contribution in [0.15, 0.2) is 102 Å². The van der Waals surface area contributed by atoms with Gasteiger partial charge in [-0.15, -0.1) is 0 Å². The fourth-order valence-electron chi connectivity index (χ4n) is 3.15. The van der Waals surface area contributed by atoms with Crippen molar-refractivity contribution in [3.05, 3.63) is 108 Å². The maximum atomic E-state index is 12.5. The highest BCUT2D eigenvalue weighted by atomic mass is 32.2. The Morgan fingerprint density at radius 1 is 0.788 bits per heavy atom. The van der Waals surface area contributed by atoms with E-state index < -0.39 is 10.0 Å². The Balaban J connectivity index is 1.41. The second kappa shape index (κ2) is 10.2. The van der Waals surface area contributed by atoms with Crippen LogP contribution in [0, 0.1) is 0 Å². The summed E-state index contributed by atoms with van der Waals surface area (Å²) in [7, 11) is -3.79. The summed E-state index contributed by atoms with van der Waals surface area (Å²) in [6, 6.07) is 26.0. The molecule has 0 aliphatic carbocycles. The second-order valence-electron chi connectivity index (χ2n) is 7.10. The number of benzene rings is 3. The Morgan fingerprint density at radius 3 is 2.18 bits per heavy atom. The van der Waals surface area contributed by atoms with Gasteiger partial charge < -0.3 is 10.6 Å². The Kier molecular flexibility index (Phi) is 6.92. The minimum atomic E-state index is -3.79. The molecule has 0 radical (unpaired) electrons. The number of hydrogen-bond acceptors (Lipinski definition) is 5. The number of para-hydroxylation sites is 1. The van der Waals surface area contributed by atoms with E-state index in [1.165, 1.54) is 30.1 Å². The molecule has 0 saturated carbocycles. The molecule has 0 amide bonds. The van der Waals surface area contributed by atoms with Gasteiger partial charge >= 0.3 is 0 Å². The van der Waals surface area contributed by atoms with Crippen molar-refractivity contribution in [2.24, 2.45) is 0 Å². The van der Waals surface area contributed by atoms with Crippen LogP contribution >= 0.6 is 12.2 Å². The van der Waals surface area contributed by atoms with Gasteiger partial charge in [-0.2, -0.15) is 0 Å². The summed E-state index contributed by atoms with van der Waals surface area (Å²) < 4.78 is 27.4. The number of nitrogens with zero attached hydrogens (tertiary/aromatic N) is 2. The number of hydrogen-bond donors (Lipinski definition) is 3. The zero-order valence-electron chi connectivity index (χ0n) is 17.5. The minimum absolute atomic E-state index is 0.0132. The van der Waals surface area contributed by atoms with E-state index in [4.69, 9.17) is 12.2 Å². The second-order valence-corrected chi connectivity index (χ2v) is 9.19. The molecule has 33 heavy (non-hydrogen) atoms. The fraction of sp³-hybridized carbons (Fsp3) is 0.0417. The third-order valence-electron chi connectivity index (χ3n) is 4.72.